The minimum Gasteiger partial charge on any atom is -0.452 e. The number of esters is 1. The molecule has 0 saturated carbocycles. The highest BCUT2D eigenvalue weighted by Crippen LogP contribution is 2.25. The summed E-state index contributed by atoms with van der Waals surface area (Å²) < 4.78 is 4.88. The first-order chi connectivity index (χ1) is 12.3. The Kier molecular flexibility index (Phi) is 6.54. The Morgan fingerprint density at radius 2 is 1.85 bits per heavy atom. The lowest BCUT2D eigenvalue weighted by atomic mass is 10.1. The lowest BCUT2D eigenvalue weighted by molar-refractivity contribution is -0.384. The zero-order valence-electron chi connectivity index (χ0n) is 13.6. The van der Waals surface area contributed by atoms with Crippen molar-refractivity contribution < 1.29 is 19.2 Å². The molecule has 2 aromatic carbocycles. The van der Waals surface area contributed by atoms with Gasteiger partial charge in [0.1, 0.15) is 5.02 Å². The molecule has 1 amide bonds. The van der Waals surface area contributed by atoms with E-state index in [0.29, 0.717) is 5.02 Å². The van der Waals surface area contributed by atoms with Crippen molar-refractivity contribution in [2.45, 2.75) is 13.0 Å². The molecule has 2 rings (SSSR count). The van der Waals surface area contributed by atoms with Crippen molar-refractivity contribution in [1.29, 1.82) is 0 Å². The highest BCUT2D eigenvalue weighted by atomic mass is 35.5. The summed E-state index contributed by atoms with van der Waals surface area (Å²) in [7, 11) is 0. The molecular formula is C17H14Cl2N2O5. The molecule has 26 heavy (non-hydrogen) atoms. The number of nitrogens with one attached hydrogen (secondary N) is 1. The van der Waals surface area contributed by atoms with Gasteiger partial charge in [-0.3, -0.25) is 14.9 Å². The Morgan fingerprint density at radius 3 is 2.46 bits per heavy atom. The minimum atomic E-state index is -0.862. The van der Waals surface area contributed by atoms with E-state index >= 15 is 0 Å². The summed E-state index contributed by atoms with van der Waals surface area (Å²) in [5.74, 6) is -1.37. The van der Waals surface area contributed by atoms with Crippen LogP contribution in [0, 0.1) is 10.1 Å². The summed E-state index contributed by atoms with van der Waals surface area (Å²) in [5.41, 5.74) is 0.351. The molecule has 0 aliphatic rings. The van der Waals surface area contributed by atoms with Crippen LogP contribution < -0.4 is 5.32 Å². The van der Waals surface area contributed by atoms with Crippen molar-refractivity contribution in [2.24, 2.45) is 0 Å². The van der Waals surface area contributed by atoms with Crippen molar-refractivity contribution in [2.75, 3.05) is 6.61 Å². The predicted octanol–water partition coefficient (Wildman–Crippen LogP) is 3.94. The molecule has 2 aromatic rings. The Morgan fingerprint density at radius 1 is 1.19 bits per heavy atom. The van der Waals surface area contributed by atoms with Gasteiger partial charge in [0, 0.05) is 11.1 Å². The number of nitrogens with zero attached hydrogens (tertiary/aromatic N) is 1. The number of nitro groups is 1. The van der Waals surface area contributed by atoms with E-state index in [4.69, 9.17) is 27.9 Å². The molecule has 1 atom stereocenters. The van der Waals surface area contributed by atoms with E-state index in [0.717, 1.165) is 11.6 Å². The fourth-order valence-corrected chi connectivity index (χ4v) is 2.42. The van der Waals surface area contributed by atoms with Crippen LogP contribution >= 0.6 is 23.2 Å². The van der Waals surface area contributed by atoms with Crippen molar-refractivity contribution in [3.63, 3.8) is 0 Å². The van der Waals surface area contributed by atoms with Gasteiger partial charge in [-0.15, -0.1) is 0 Å². The lowest BCUT2D eigenvalue weighted by Crippen LogP contribution is -2.31. The molecule has 0 bridgehead atoms. The Hall–Kier alpha value is -2.64. The third kappa shape index (κ3) is 5.18. The minimum absolute atomic E-state index is 0.0698. The van der Waals surface area contributed by atoms with Gasteiger partial charge in [-0.05, 0) is 36.8 Å². The summed E-state index contributed by atoms with van der Waals surface area (Å²) in [6.45, 7) is 1.25. The van der Waals surface area contributed by atoms with E-state index in [1.165, 1.54) is 12.1 Å². The zero-order valence-corrected chi connectivity index (χ0v) is 15.1. The van der Waals surface area contributed by atoms with Crippen LogP contribution in [0.25, 0.3) is 0 Å². The van der Waals surface area contributed by atoms with Gasteiger partial charge >= 0.3 is 5.97 Å². The van der Waals surface area contributed by atoms with E-state index in [-0.39, 0.29) is 16.6 Å². The molecule has 9 heteroatoms. The van der Waals surface area contributed by atoms with Crippen LogP contribution in [0.2, 0.25) is 10.0 Å². The summed E-state index contributed by atoms with van der Waals surface area (Å²) in [5, 5.41) is 14.0. The van der Waals surface area contributed by atoms with Crippen molar-refractivity contribution in [1.82, 2.24) is 5.32 Å². The van der Waals surface area contributed by atoms with E-state index in [1.54, 1.807) is 31.2 Å². The number of carbonyl (C=O) groups excluding carboxylic acids is 2. The summed E-state index contributed by atoms with van der Waals surface area (Å²) in [6, 6.07) is 10.1. The van der Waals surface area contributed by atoms with Gasteiger partial charge in [0.15, 0.2) is 6.61 Å². The molecule has 0 aromatic heterocycles. The second kappa shape index (κ2) is 8.64. The molecule has 1 N–H and O–H groups in total. The SMILES string of the molecule is C[C@@H](NC(=O)COC(=O)c1ccc(Cl)c([N+](=O)[O-])c1)c1ccc(Cl)cc1. The number of hydrogen-bond acceptors (Lipinski definition) is 5. The topological polar surface area (TPSA) is 98.5 Å². The van der Waals surface area contributed by atoms with Gasteiger partial charge in [0.25, 0.3) is 11.6 Å². The van der Waals surface area contributed by atoms with Crippen LogP contribution in [0.3, 0.4) is 0 Å². The lowest BCUT2D eigenvalue weighted by Gasteiger charge is -2.14. The number of amides is 1. The van der Waals surface area contributed by atoms with Crippen LogP contribution in [0.4, 0.5) is 5.69 Å². The maximum Gasteiger partial charge on any atom is 0.338 e. The molecule has 0 aliphatic heterocycles. The normalized spacial score (nSPS) is 11.5. The summed E-state index contributed by atoms with van der Waals surface area (Å²) in [4.78, 5) is 34.0. The third-order valence-corrected chi connectivity index (χ3v) is 4.03. The Balaban J connectivity index is 1.92. The van der Waals surface area contributed by atoms with E-state index in [1.807, 2.05) is 0 Å². The number of hydrogen-bond donors (Lipinski definition) is 1. The number of halogens is 2. The van der Waals surface area contributed by atoms with Crippen molar-refractivity contribution in [3.05, 3.63) is 73.8 Å². The summed E-state index contributed by atoms with van der Waals surface area (Å²) in [6.07, 6.45) is 0. The average Bonchev–Trinajstić information content (AvgIpc) is 2.60. The largest absolute Gasteiger partial charge is 0.452 e. The van der Waals surface area contributed by atoms with Gasteiger partial charge in [-0.2, -0.15) is 0 Å². The van der Waals surface area contributed by atoms with Gasteiger partial charge < -0.3 is 10.1 Å². The second-order valence-electron chi connectivity index (χ2n) is 5.34. The molecule has 0 fully saturated rings. The molecule has 0 saturated heterocycles. The predicted molar refractivity (Wildman–Crippen MR) is 96.4 cm³/mol. The molecule has 0 radical (unpaired) electrons. The first kappa shape index (κ1) is 19.7. The molecule has 0 aliphatic carbocycles. The van der Waals surface area contributed by atoms with Gasteiger partial charge in [0.2, 0.25) is 0 Å². The molecule has 0 heterocycles. The average molecular weight is 397 g/mol. The molecule has 0 unspecified atom stereocenters. The standard InChI is InChI=1S/C17H14Cl2N2O5/c1-10(11-2-5-13(18)6-3-11)20-16(22)9-26-17(23)12-4-7-14(19)15(8-12)21(24)25/h2-8,10H,9H2,1H3,(H,20,22)/t10-/m1/s1. The highest BCUT2D eigenvalue weighted by molar-refractivity contribution is 6.32. The quantitative estimate of drug-likeness (QED) is 0.452. The molecule has 7 nitrogen and oxygen atoms in total. The zero-order chi connectivity index (χ0) is 19.3. The van der Waals surface area contributed by atoms with Gasteiger partial charge in [0.05, 0.1) is 16.5 Å². The van der Waals surface area contributed by atoms with Crippen molar-refractivity contribution >= 4 is 40.8 Å². The van der Waals surface area contributed by atoms with E-state index < -0.39 is 29.1 Å². The Bertz CT molecular complexity index is 840. The fourth-order valence-electron chi connectivity index (χ4n) is 2.11. The molecular weight excluding hydrogens is 383 g/mol. The van der Waals surface area contributed by atoms with Crippen molar-refractivity contribution in [3.8, 4) is 0 Å². The Labute approximate surface area is 159 Å². The number of ether oxygens (including phenoxy) is 1. The van der Waals surface area contributed by atoms with Crippen LogP contribution in [-0.4, -0.2) is 23.4 Å². The van der Waals surface area contributed by atoms with E-state index in [2.05, 4.69) is 5.32 Å². The molecule has 0 spiro atoms. The maximum absolute atomic E-state index is 11.9. The van der Waals surface area contributed by atoms with Crippen LogP contribution in [0.1, 0.15) is 28.9 Å². The first-order valence-electron chi connectivity index (χ1n) is 7.44. The highest BCUT2D eigenvalue weighted by Gasteiger charge is 2.18. The number of rotatable bonds is 6. The van der Waals surface area contributed by atoms with Crippen LogP contribution in [-0.2, 0) is 9.53 Å². The van der Waals surface area contributed by atoms with Crippen LogP contribution in [0.5, 0.6) is 0 Å². The number of carbonyl (C=O) groups is 2. The van der Waals surface area contributed by atoms with Gasteiger partial charge in [-0.1, -0.05) is 35.3 Å². The first-order valence-corrected chi connectivity index (χ1v) is 8.19. The number of nitro benzene ring substituents is 1. The smallest absolute Gasteiger partial charge is 0.338 e. The van der Waals surface area contributed by atoms with Crippen LogP contribution in [0.15, 0.2) is 42.5 Å². The maximum atomic E-state index is 11.9. The monoisotopic (exact) mass is 396 g/mol. The molecule has 136 valence electrons. The summed E-state index contributed by atoms with van der Waals surface area (Å²) >= 11 is 11.5. The van der Waals surface area contributed by atoms with Gasteiger partial charge in [-0.25, -0.2) is 4.79 Å². The van der Waals surface area contributed by atoms with E-state index in [9.17, 15) is 19.7 Å². The number of benzene rings is 2. The third-order valence-electron chi connectivity index (χ3n) is 3.46. The fraction of sp³-hybridized carbons (Fsp3) is 0.176. The second-order valence-corrected chi connectivity index (χ2v) is 6.18.